The maximum Gasteiger partial charge on any atom is 0.253 e. The van der Waals surface area contributed by atoms with Crippen molar-refractivity contribution in [1.29, 1.82) is 0 Å². The zero-order valence-corrected chi connectivity index (χ0v) is 11.8. The summed E-state index contributed by atoms with van der Waals surface area (Å²) in [5.41, 5.74) is 1.19. The van der Waals surface area contributed by atoms with Crippen molar-refractivity contribution in [3.63, 3.8) is 0 Å². The number of aliphatic hydroxyl groups excluding tert-OH is 1. The molecule has 5 heteroatoms. The van der Waals surface area contributed by atoms with Crippen molar-refractivity contribution >= 4 is 16.7 Å². The third-order valence-corrected chi connectivity index (χ3v) is 3.46. The van der Waals surface area contributed by atoms with E-state index in [1.54, 1.807) is 6.07 Å². The van der Waals surface area contributed by atoms with E-state index in [9.17, 15) is 9.90 Å². The van der Waals surface area contributed by atoms with Gasteiger partial charge in [0.2, 0.25) is 0 Å². The van der Waals surface area contributed by atoms with Crippen molar-refractivity contribution in [2.45, 2.75) is 6.10 Å². The first-order chi connectivity index (χ1) is 10.7. The first-order valence-corrected chi connectivity index (χ1v) is 6.96. The Kier molecular flexibility index (Phi) is 4.07. The molecule has 1 atom stereocenters. The highest BCUT2D eigenvalue weighted by atomic mass is 16.3. The van der Waals surface area contributed by atoms with Gasteiger partial charge in [-0.05, 0) is 28.5 Å². The Labute approximate surface area is 127 Å². The van der Waals surface area contributed by atoms with Crippen LogP contribution in [0.1, 0.15) is 22.0 Å². The van der Waals surface area contributed by atoms with Gasteiger partial charge in [-0.3, -0.25) is 4.79 Å². The molecular formula is C17H15N3O2. The number of hydrogen-bond donors (Lipinski definition) is 2. The van der Waals surface area contributed by atoms with E-state index < -0.39 is 6.10 Å². The second kappa shape index (κ2) is 6.32. The van der Waals surface area contributed by atoms with Crippen LogP contribution in [0.25, 0.3) is 10.8 Å². The van der Waals surface area contributed by atoms with Crippen LogP contribution in [0.4, 0.5) is 0 Å². The van der Waals surface area contributed by atoms with Gasteiger partial charge < -0.3 is 10.4 Å². The standard InChI is InChI=1S/C17H15N3O2/c21-16(11-18-17(22)15-7-8-19-20-10-15)14-6-5-12-3-1-2-4-13(12)9-14/h1-10,16,21H,11H2,(H,18,22). The van der Waals surface area contributed by atoms with Crippen LogP contribution in [0.3, 0.4) is 0 Å². The number of rotatable bonds is 4. The highest BCUT2D eigenvalue weighted by Gasteiger charge is 2.11. The molecule has 0 aliphatic heterocycles. The molecular weight excluding hydrogens is 278 g/mol. The number of aromatic nitrogens is 2. The van der Waals surface area contributed by atoms with Crippen molar-refractivity contribution in [1.82, 2.24) is 15.5 Å². The van der Waals surface area contributed by atoms with Gasteiger partial charge in [0.05, 0.1) is 24.1 Å². The van der Waals surface area contributed by atoms with E-state index in [2.05, 4.69) is 15.5 Å². The van der Waals surface area contributed by atoms with Crippen LogP contribution in [0.15, 0.2) is 60.9 Å². The number of carbonyl (C=O) groups excluding carboxylic acids is 1. The van der Waals surface area contributed by atoms with Crippen LogP contribution in [0.5, 0.6) is 0 Å². The van der Waals surface area contributed by atoms with E-state index in [-0.39, 0.29) is 12.5 Å². The number of aliphatic hydroxyl groups is 1. The van der Waals surface area contributed by atoms with E-state index in [0.29, 0.717) is 5.56 Å². The largest absolute Gasteiger partial charge is 0.387 e. The number of hydrogen-bond acceptors (Lipinski definition) is 4. The van der Waals surface area contributed by atoms with Gasteiger partial charge in [0, 0.05) is 6.54 Å². The van der Waals surface area contributed by atoms with Crippen molar-refractivity contribution < 1.29 is 9.90 Å². The Morgan fingerprint density at radius 3 is 2.68 bits per heavy atom. The Morgan fingerprint density at radius 2 is 1.91 bits per heavy atom. The summed E-state index contributed by atoms with van der Waals surface area (Å²) in [6, 6.07) is 15.3. The van der Waals surface area contributed by atoms with Gasteiger partial charge in [0.15, 0.2) is 0 Å². The number of carbonyl (C=O) groups is 1. The van der Waals surface area contributed by atoms with Gasteiger partial charge in [0.1, 0.15) is 0 Å². The molecule has 0 aliphatic rings. The Balaban J connectivity index is 1.68. The van der Waals surface area contributed by atoms with E-state index in [1.807, 2.05) is 42.5 Å². The zero-order chi connectivity index (χ0) is 15.4. The summed E-state index contributed by atoms with van der Waals surface area (Å²) in [5, 5.41) is 22.4. The third-order valence-electron chi connectivity index (χ3n) is 3.46. The molecule has 1 amide bonds. The van der Waals surface area contributed by atoms with Crippen molar-refractivity contribution in [3.8, 4) is 0 Å². The van der Waals surface area contributed by atoms with E-state index in [1.165, 1.54) is 12.4 Å². The average molecular weight is 293 g/mol. The monoisotopic (exact) mass is 293 g/mol. The lowest BCUT2D eigenvalue weighted by molar-refractivity contribution is 0.0916. The molecule has 1 unspecified atom stereocenters. The van der Waals surface area contributed by atoms with E-state index >= 15 is 0 Å². The summed E-state index contributed by atoms with van der Waals surface area (Å²) in [5.74, 6) is -0.283. The smallest absolute Gasteiger partial charge is 0.253 e. The highest BCUT2D eigenvalue weighted by Crippen LogP contribution is 2.20. The fraction of sp³-hybridized carbons (Fsp3) is 0.118. The van der Waals surface area contributed by atoms with Crippen LogP contribution in [-0.4, -0.2) is 27.8 Å². The topological polar surface area (TPSA) is 75.1 Å². The van der Waals surface area contributed by atoms with Crippen LogP contribution in [0, 0.1) is 0 Å². The van der Waals surface area contributed by atoms with E-state index in [0.717, 1.165) is 16.3 Å². The number of nitrogens with zero attached hydrogens (tertiary/aromatic N) is 2. The highest BCUT2D eigenvalue weighted by molar-refractivity contribution is 5.93. The molecule has 5 nitrogen and oxygen atoms in total. The summed E-state index contributed by atoms with van der Waals surface area (Å²) < 4.78 is 0. The van der Waals surface area contributed by atoms with Crippen molar-refractivity contribution in [3.05, 3.63) is 72.1 Å². The minimum atomic E-state index is -0.761. The van der Waals surface area contributed by atoms with Crippen molar-refractivity contribution in [2.75, 3.05) is 6.54 Å². The number of nitrogens with one attached hydrogen (secondary N) is 1. The second-order valence-electron chi connectivity index (χ2n) is 4.96. The Bertz CT molecular complexity index is 790. The lowest BCUT2D eigenvalue weighted by Crippen LogP contribution is -2.28. The van der Waals surface area contributed by atoms with Crippen molar-refractivity contribution in [2.24, 2.45) is 0 Å². The number of amides is 1. The average Bonchev–Trinajstić information content (AvgIpc) is 2.59. The lowest BCUT2D eigenvalue weighted by atomic mass is 10.0. The van der Waals surface area contributed by atoms with Gasteiger partial charge in [0.25, 0.3) is 5.91 Å². The first-order valence-electron chi connectivity index (χ1n) is 6.96. The second-order valence-corrected chi connectivity index (χ2v) is 4.96. The van der Waals surface area contributed by atoms with E-state index in [4.69, 9.17) is 0 Å². The maximum absolute atomic E-state index is 11.9. The molecule has 0 spiro atoms. The quantitative estimate of drug-likeness (QED) is 0.772. The van der Waals surface area contributed by atoms with Crippen LogP contribution < -0.4 is 5.32 Å². The summed E-state index contributed by atoms with van der Waals surface area (Å²) in [6.45, 7) is 0.138. The predicted molar refractivity (Wildman–Crippen MR) is 83.3 cm³/mol. The van der Waals surface area contributed by atoms with Gasteiger partial charge in [-0.1, -0.05) is 36.4 Å². The molecule has 22 heavy (non-hydrogen) atoms. The summed E-state index contributed by atoms with van der Waals surface area (Å²) in [4.78, 5) is 11.9. The SMILES string of the molecule is O=C(NCC(O)c1ccc2ccccc2c1)c1ccnnc1. The minimum absolute atomic E-state index is 0.138. The molecule has 1 aromatic heterocycles. The third kappa shape index (κ3) is 3.10. The maximum atomic E-state index is 11.9. The minimum Gasteiger partial charge on any atom is -0.387 e. The molecule has 110 valence electrons. The first kappa shape index (κ1) is 14.2. The van der Waals surface area contributed by atoms with Gasteiger partial charge in [-0.15, -0.1) is 0 Å². The lowest BCUT2D eigenvalue weighted by Gasteiger charge is -2.13. The molecule has 0 aliphatic carbocycles. The molecule has 2 N–H and O–H groups in total. The fourth-order valence-corrected chi connectivity index (χ4v) is 2.25. The van der Waals surface area contributed by atoms with Crippen LogP contribution in [0.2, 0.25) is 0 Å². The van der Waals surface area contributed by atoms with Crippen LogP contribution >= 0.6 is 0 Å². The number of benzene rings is 2. The Hall–Kier alpha value is -2.79. The molecule has 2 aromatic carbocycles. The van der Waals surface area contributed by atoms with Gasteiger partial charge >= 0.3 is 0 Å². The molecule has 0 saturated heterocycles. The Morgan fingerprint density at radius 1 is 1.09 bits per heavy atom. The molecule has 1 heterocycles. The fourth-order valence-electron chi connectivity index (χ4n) is 2.25. The molecule has 0 bridgehead atoms. The van der Waals surface area contributed by atoms with Gasteiger partial charge in [-0.2, -0.15) is 10.2 Å². The predicted octanol–water partition coefficient (Wildman–Crippen LogP) is 2.09. The summed E-state index contributed by atoms with van der Waals surface area (Å²) >= 11 is 0. The molecule has 3 rings (SSSR count). The molecule has 0 fully saturated rings. The number of fused-ring (bicyclic) bond motifs is 1. The molecule has 0 saturated carbocycles. The van der Waals surface area contributed by atoms with Gasteiger partial charge in [-0.25, -0.2) is 0 Å². The van der Waals surface area contributed by atoms with Crippen LogP contribution in [-0.2, 0) is 0 Å². The normalized spacial score (nSPS) is 12.0. The molecule has 0 radical (unpaired) electrons. The summed E-state index contributed by atoms with van der Waals surface area (Å²) in [7, 11) is 0. The summed E-state index contributed by atoms with van der Waals surface area (Å²) in [6.07, 6.45) is 2.08. The molecule has 3 aromatic rings. The zero-order valence-electron chi connectivity index (χ0n) is 11.8.